The van der Waals surface area contributed by atoms with Gasteiger partial charge in [-0.3, -0.25) is 9.10 Å². The van der Waals surface area contributed by atoms with Crippen LogP contribution in [0.5, 0.6) is 0 Å². The third kappa shape index (κ3) is 7.26. The number of nitrogens with zero attached hydrogens (tertiary/aromatic N) is 2. The Labute approximate surface area is 280 Å². The summed E-state index contributed by atoms with van der Waals surface area (Å²) in [5.74, 6) is 0.928. The second kappa shape index (κ2) is 14.3. The lowest BCUT2D eigenvalue weighted by molar-refractivity contribution is 0.0947. The van der Waals surface area contributed by atoms with E-state index in [-0.39, 0.29) is 20.8 Å². The Balaban J connectivity index is 1.24. The van der Waals surface area contributed by atoms with Crippen LogP contribution in [0.25, 0.3) is 0 Å². The normalized spacial score (nSPS) is 19.4. The van der Waals surface area contributed by atoms with E-state index in [1.165, 1.54) is 46.5 Å². The van der Waals surface area contributed by atoms with Crippen molar-refractivity contribution in [1.82, 2.24) is 10.2 Å². The van der Waals surface area contributed by atoms with Crippen LogP contribution < -0.4 is 9.62 Å². The number of carbonyl (C=O) groups excluding carboxylic acids is 1. The van der Waals surface area contributed by atoms with Gasteiger partial charge in [0, 0.05) is 29.5 Å². The average molecular weight is 697 g/mol. The molecule has 44 heavy (non-hydrogen) atoms. The summed E-state index contributed by atoms with van der Waals surface area (Å²) in [5, 5.41) is 4.82. The zero-order chi connectivity index (χ0) is 31.6. The summed E-state index contributed by atoms with van der Waals surface area (Å²) in [7, 11) is 1.84. The number of nitrogens with one attached hydrogen (secondary N) is 1. The van der Waals surface area contributed by atoms with E-state index in [2.05, 4.69) is 36.4 Å². The Kier molecular flexibility index (Phi) is 10.9. The molecule has 1 atom stereocenters. The molecule has 1 aromatic heterocycles. The number of rotatable bonds is 10. The van der Waals surface area contributed by atoms with Gasteiger partial charge < -0.3 is 10.2 Å². The van der Waals surface area contributed by atoms with E-state index in [1.54, 1.807) is 0 Å². The maximum absolute atomic E-state index is 13.7. The Morgan fingerprint density at radius 2 is 1.64 bits per heavy atom. The number of fused-ring (bicyclic) bond motifs is 1. The average Bonchev–Trinajstić information content (AvgIpc) is 3.39. The van der Waals surface area contributed by atoms with Crippen LogP contribution in [0.15, 0.2) is 47.4 Å². The van der Waals surface area contributed by atoms with Crippen LogP contribution in [0.4, 0.5) is 5.00 Å². The Hall–Kier alpha value is -1.81. The fraction of sp³-hybridized carbons (Fsp3) is 0.485. The summed E-state index contributed by atoms with van der Waals surface area (Å²) in [6.45, 7) is 0.565. The summed E-state index contributed by atoms with van der Waals surface area (Å²) < 4.78 is 28.5. The van der Waals surface area contributed by atoms with E-state index < -0.39 is 10.0 Å². The molecule has 0 spiro atoms. The van der Waals surface area contributed by atoms with E-state index in [0.29, 0.717) is 35.0 Å². The van der Waals surface area contributed by atoms with Crippen molar-refractivity contribution in [2.75, 3.05) is 32.0 Å². The molecule has 1 N–H and O–H groups in total. The number of sulfonamides is 1. The topological polar surface area (TPSA) is 69.7 Å². The first-order valence-electron chi connectivity index (χ1n) is 15.3. The first kappa shape index (κ1) is 33.6. The summed E-state index contributed by atoms with van der Waals surface area (Å²) >= 11 is 19.7. The van der Waals surface area contributed by atoms with Crippen LogP contribution in [0.1, 0.15) is 77.3 Å². The highest BCUT2D eigenvalue weighted by atomic mass is 35.5. The highest BCUT2D eigenvalue weighted by Crippen LogP contribution is 2.43. The van der Waals surface area contributed by atoms with Crippen molar-refractivity contribution in [3.05, 3.63) is 79.1 Å². The van der Waals surface area contributed by atoms with Crippen LogP contribution in [-0.4, -0.2) is 46.9 Å². The Bertz CT molecular complexity index is 1580. The number of thiophene rings is 1. The maximum atomic E-state index is 13.7. The summed E-state index contributed by atoms with van der Waals surface area (Å²) in [6.07, 6.45) is 9.10. The molecule has 0 aliphatic heterocycles. The molecule has 11 heteroatoms. The van der Waals surface area contributed by atoms with Crippen LogP contribution in [0.3, 0.4) is 0 Å². The minimum absolute atomic E-state index is 0.0373. The molecular weight excluding hydrogens is 657 g/mol. The lowest BCUT2D eigenvalue weighted by Crippen LogP contribution is -2.32. The number of carbonyl (C=O) groups is 1. The number of hydrogen-bond donors (Lipinski definition) is 1. The van der Waals surface area contributed by atoms with Gasteiger partial charge in [-0.25, -0.2) is 8.42 Å². The monoisotopic (exact) mass is 695 g/mol. The molecule has 2 aliphatic rings. The van der Waals surface area contributed by atoms with Gasteiger partial charge in [-0.05, 0) is 112 Å². The molecule has 6 nitrogen and oxygen atoms in total. The molecule has 0 radical (unpaired) electrons. The molecule has 0 bridgehead atoms. The lowest BCUT2D eigenvalue weighted by atomic mass is 9.75. The predicted molar refractivity (Wildman–Crippen MR) is 183 cm³/mol. The fourth-order valence-electron chi connectivity index (χ4n) is 6.83. The van der Waals surface area contributed by atoms with Gasteiger partial charge in [0.05, 0.1) is 20.5 Å². The van der Waals surface area contributed by atoms with Crippen LogP contribution in [0, 0.1) is 11.8 Å². The van der Waals surface area contributed by atoms with Crippen molar-refractivity contribution < 1.29 is 13.2 Å². The summed E-state index contributed by atoms with van der Waals surface area (Å²) in [6, 6.07) is 12.8. The number of amides is 1. The van der Waals surface area contributed by atoms with E-state index in [1.807, 2.05) is 12.1 Å². The molecular formula is C33H40Cl3N3O3S2. The number of hydrogen-bond acceptors (Lipinski definition) is 5. The minimum Gasteiger partial charge on any atom is -0.352 e. The molecule has 1 saturated carbocycles. The molecule has 1 fully saturated rings. The SMILES string of the molecule is CN(C)C(c1ccc(Cl)cc1)C1CCC(CCNC(=O)c2c(N(C)S(=O)(=O)c3ccc(Cl)c(Cl)c3)sc3c2CCCC3)CC1. The van der Waals surface area contributed by atoms with Gasteiger partial charge in [0.2, 0.25) is 0 Å². The molecule has 1 unspecified atom stereocenters. The predicted octanol–water partition coefficient (Wildman–Crippen LogP) is 8.64. The van der Waals surface area contributed by atoms with Crippen molar-refractivity contribution in [3.8, 4) is 0 Å². The van der Waals surface area contributed by atoms with Crippen LogP contribution >= 0.6 is 46.1 Å². The number of benzene rings is 2. The largest absolute Gasteiger partial charge is 0.352 e. The van der Waals surface area contributed by atoms with Crippen LogP contribution in [-0.2, 0) is 22.9 Å². The van der Waals surface area contributed by atoms with Crippen LogP contribution in [0.2, 0.25) is 15.1 Å². The third-order valence-electron chi connectivity index (χ3n) is 9.16. The summed E-state index contributed by atoms with van der Waals surface area (Å²) in [5.41, 5.74) is 2.79. The van der Waals surface area contributed by atoms with Gasteiger partial charge in [0.15, 0.2) is 0 Å². The molecule has 1 heterocycles. The van der Waals surface area contributed by atoms with Gasteiger partial charge in [-0.2, -0.15) is 0 Å². The first-order valence-corrected chi connectivity index (χ1v) is 18.6. The molecule has 3 aromatic rings. The first-order chi connectivity index (χ1) is 21.0. The van der Waals surface area contributed by atoms with Crippen molar-refractivity contribution in [2.24, 2.45) is 11.8 Å². The fourth-order valence-corrected chi connectivity index (χ4v) is 10.1. The van der Waals surface area contributed by atoms with Crippen molar-refractivity contribution in [3.63, 3.8) is 0 Å². The van der Waals surface area contributed by atoms with E-state index in [9.17, 15) is 13.2 Å². The molecule has 2 aromatic carbocycles. The van der Waals surface area contributed by atoms with Gasteiger partial charge in [0.1, 0.15) is 5.00 Å². The minimum atomic E-state index is -3.95. The van der Waals surface area contributed by atoms with Gasteiger partial charge >= 0.3 is 0 Å². The quantitative estimate of drug-likeness (QED) is 0.231. The van der Waals surface area contributed by atoms with E-state index >= 15 is 0 Å². The zero-order valence-corrected chi connectivity index (χ0v) is 29.3. The van der Waals surface area contributed by atoms with Crippen molar-refractivity contribution in [2.45, 2.75) is 68.7 Å². The molecule has 5 rings (SSSR count). The molecule has 0 saturated heterocycles. The maximum Gasteiger partial charge on any atom is 0.264 e. The lowest BCUT2D eigenvalue weighted by Gasteiger charge is -2.37. The number of aryl methyl sites for hydroxylation is 1. The Morgan fingerprint density at radius 3 is 2.30 bits per heavy atom. The molecule has 238 valence electrons. The van der Waals surface area contributed by atoms with Gasteiger partial charge in [-0.1, -0.05) is 59.8 Å². The van der Waals surface area contributed by atoms with Crippen molar-refractivity contribution >= 4 is 67.1 Å². The highest BCUT2D eigenvalue weighted by molar-refractivity contribution is 7.93. The Morgan fingerprint density at radius 1 is 0.955 bits per heavy atom. The molecule has 1 amide bonds. The number of halogens is 3. The smallest absolute Gasteiger partial charge is 0.264 e. The second-order valence-electron chi connectivity index (χ2n) is 12.2. The van der Waals surface area contributed by atoms with Gasteiger partial charge in [0.25, 0.3) is 15.9 Å². The van der Waals surface area contributed by atoms with E-state index in [4.69, 9.17) is 34.8 Å². The number of anilines is 1. The molecule has 2 aliphatic carbocycles. The second-order valence-corrected chi connectivity index (χ2v) is 16.5. The third-order valence-corrected chi connectivity index (χ3v) is 13.4. The zero-order valence-electron chi connectivity index (χ0n) is 25.4. The van der Waals surface area contributed by atoms with Crippen molar-refractivity contribution in [1.29, 1.82) is 0 Å². The highest BCUT2D eigenvalue weighted by Gasteiger charge is 2.33. The standard InChI is InChI=1S/C33H40Cl3N3O3S2/c1-38(2)31(23-12-14-24(34)15-13-23)22-10-8-21(9-11-22)18-19-37-32(40)30-26-6-4-5-7-29(26)43-33(30)39(3)44(41,42)25-16-17-27(35)28(36)20-25/h12-17,20-22,31H,4-11,18-19H2,1-3H3,(H,37,40). The van der Waals surface area contributed by atoms with Gasteiger partial charge in [-0.15, -0.1) is 11.3 Å². The van der Waals surface area contributed by atoms with E-state index in [0.717, 1.165) is 73.3 Å². The summed E-state index contributed by atoms with van der Waals surface area (Å²) in [4.78, 5) is 17.2.